The van der Waals surface area contributed by atoms with Crippen LogP contribution in [0.2, 0.25) is 0 Å². The number of carboxylic acid groups (broad SMARTS) is 3. The van der Waals surface area contributed by atoms with Gasteiger partial charge in [0.1, 0.15) is 0 Å². The summed E-state index contributed by atoms with van der Waals surface area (Å²) in [5, 5.41) is 29.2. The number of rotatable bonds is 26. The lowest BCUT2D eigenvalue weighted by atomic mass is 10.1. The van der Waals surface area contributed by atoms with Gasteiger partial charge in [-0.05, 0) is 38.5 Å². The smallest absolute Gasteiger partial charge is 0.309 e. The van der Waals surface area contributed by atoms with E-state index in [2.05, 4.69) is 19.1 Å². The minimum atomic E-state index is -1.18. The first-order valence-electron chi connectivity index (χ1n) is 13.9. The van der Waals surface area contributed by atoms with Gasteiger partial charge < -0.3 is 24.6 Å². The number of hydrogen-bond acceptors (Lipinski definition) is 4. The third-order valence-electron chi connectivity index (χ3n) is 6.78. The molecule has 0 bridgehead atoms. The van der Waals surface area contributed by atoms with Crippen molar-refractivity contribution in [2.24, 2.45) is 0 Å². The van der Waals surface area contributed by atoms with Crippen LogP contribution < -0.4 is 5.11 Å². The predicted molar refractivity (Wildman–Crippen MR) is 138 cm³/mol. The zero-order valence-electron chi connectivity index (χ0n) is 22.2. The number of allylic oxidation sites excluding steroid dienone is 2. The average Bonchev–Trinajstić information content (AvgIpc) is 2.81. The molecule has 0 aromatic carbocycles. The maximum atomic E-state index is 11.1. The number of quaternary nitrogens is 1. The first-order chi connectivity index (χ1) is 16.8. The number of aliphatic carboxylic acids is 3. The van der Waals surface area contributed by atoms with E-state index in [-0.39, 0.29) is 43.4 Å². The molecule has 7 heteroatoms. The third kappa shape index (κ3) is 22.3. The first-order valence-corrected chi connectivity index (χ1v) is 13.9. The Hall–Kier alpha value is -1.89. The van der Waals surface area contributed by atoms with Gasteiger partial charge >= 0.3 is 11.9 Å². The summed E-state index contributed by atoms with van der Waals surface area (Å²) in [6, 6.07) is 0. The Bertz CT molecular complexity index is 544. The molecule has 0 unspecified atom stereocenters. The lowest BCUT2D eigenvalue weighted by Gasteiger charge is -2.38. The van der Waals surface area contributed by atoms with E-state index < -0.39 is 17.9 Å². The molecule has 0 amide bonds. The SMILES string of the molecule is CCCCCCC/C=C/CCCCCCCCCC[N+](CCC(=O)[O-])(CCC(=O)O)CCC(=O)O. The highest BCUT2D eigenvalue weighted by Crippen LogP contribution is 2.17. The molecule has 0 spiro atoms. The summed E-state index contributed by atoms with van der Waals surface area (Å²) in [7, 11) is 0. The summed E-state index contributed by atoms with van der Waals surface area (Å²) in [5.41, 5.74) is 0. The van der Waals surface area contributed by atoms with Crippen LogP contribution in [0.25, 0.3) is 0 Å². The van der Waals surface area contributed by atoms with Gasteiger partial charge in [-0.2, -0.15) is 0 Å². The van der Waals surface area contributed by atoms with Crippen molar-refractivity contribution in [1.82, 2.24) is 0 Å². The highest BCUT2D eigenvalue weighted by molar-refractivity contribution is 5.67. The van der Waals surface area contributed by atoms with E-state index >= 15 is 0 Å². The summed E-state index contributed by atoms with van der Waals surface area (Å²) in [5.74, 6) is -3.08. The lowest BCUT2D eigenvalue weighted by molar-refractivity contribution is -0.927. The van der Waals surface area contributed by atoms with Gasteiger partial charge in [-0.1, -0.05) is 76.9 Å². The first kappa shape index (κ1) is 33.1. The van der Waals surface area contributed by atoms with Crippen molar-refractivity contribution < 1.29 is 34.2 Å². The van der Waals surface area contributed by atoms with Crippen LogP contribution in [0.1, 0.15) is 122 Å². The maximum Gasteiger partial charge on any atom is 0.309 e. The summed E-state index contributed by atoms with van der Waals surface area (Å²) < 4.78 is 0.221. The second-order valence-electron chi connectivity index (χ2n) is 9.94. The molecule has 0 aliphatic rings. The second kappa shape index (κ2) is 22.6. The normalized spacial score (nSPS) is 11.8. The topological polar surface area (TPSA) is 115 Å². The summed E-state index contributed by atoms with van der Waals surface area (Å²) in [6.45, 7) is 3.58. The maximum absolute atomic E-state index is 11.1. The molecule has 0 heterocycles. The molecule has 0 aromatic heterocycles. The quantitative estimate of drug-likeness (QED) is 0.0949. The summed E-state index contributed by atoms with van der Waals surface area (Å²) in [4.78, 5) is 33.2. The van der Waals surface area contributed by atoms with E-state index in [4.69, 9.17) is 10.2 Å². The Morgan fingerprint density at radius 1 is 0.600 bits per heavy atom. The van der Waals surface area contributed by atoms with Crippen molar-refractivity contribution in [1.29, 1.82) is 0 Å². The van der Waals surface area contributed by atoms with Crippen molar-refractivity contribution in [2.45, 2.75) is 122 Å². The molecule has 0 rings (SSSR count). The van der Waals surface area contributed by atoms with Gasteiger partial charge in [-0.25, -0.2) is 0 Å². The Morgan fingerprint density at radius 3 is 1.43 bits per heavy atom. The Kier molecular flexibility index (Phi) is 21.3. The molecule has 0 aliphatic carbocycles. The molecule has 35 heavy (non-hydrogen) atoms. The predicted octanol–water partition coefficient (Wildman–Crippen LogP) is 5.32. The third-order valence-corrected chi connectivity index (χ3v) is 6.78. The molecule has 0 saturated carbocycles. The van der Waals surface area contributed by atoms with Crippen molar-refractivity contribution in [2.75, 3.05) is 26.2 Å². The molecule has 0 aromatic rings. The molecular weight excluding hydrogens is 446 g/mol. The van der Waals surface area contributed by atoms with E-state index in [0.717, 1.165) is 25.7 Å². The largest absolute Gasteiger partial charge is 0.550 e. The van der Waals surface area contributed by atoms with E-state index in [1.807, 2.05) is 0 Å². The minimum Gasteiger partial charge on any atom is -0.550 e. The Labute approximate surface area is 213 Å². The lowest BCUT2D eigenvalue weighted by Crippen LogP contribution is -2.53. The van der Waals surface area contributed by atoms with Gasteiger partial charge in [-0.15, -0.1) is 0 Å². The van der Waals surface area contributed by atoms with Crippen LogP contribution in [0.15, 0.2) is 12.2 Å². The molecule has 0 atom stereocenters. The fourth-order valence-corrected chi connectivity index (χ4v) is 4.54. The molecule has 204 valence electrons. The number of carboxylic acids is 3. The molecule has 7 nitrogen and oxygen atoms in total. The average molecular weight is 498 g/mol. The van der Waals surface area contributed by atoms with Crippen LogP contribution in [0.5, 0.6) is 0 Å². The Morgan fingerprint density at radius 2 is 1.00 bits per heavy atom. The van der Waals surface area contributed by atoms with Crippen molar-refractivity contribution in [3.63, 3.8) is 0 Å². The highest BCUT2D eigenvalue weighted by atomic mass is 16.4. The van der Waals surface area contributed by atoms with Gasteiger partial charge in [0.25, 0.3) is 0 Å². The molecule has 0 radical (unpaired) electrons. The highest BCUT2D eigenvalue weighted by Gasteiger charge is 2.28. The van der Waals surface area contributed by atoms with Gasteiger partial charge in [0.05, 0.1) is 39.0 Å². The molecule has 0 aliphatic heterocycles. The van der Waals surface area contributed by atoms with E-state index in [9.17, 15) is 19.5 Å². The van der Waals surface area contributed by atoms with Crippen LogP contribution in [0, 0.1) is 0 Å². The minimum absolute atomic E-state index is 0.0964. The monoisotopic (exact) mass is 497 g/mol. The summed E-state index contributed by atoms with van der Waals surface area (Å²) >= 11 is 0. The second-order valence-corrected chi connectivity index (χ2v) is 9.94. The van der Waals surface area contributed by atoms with E-state index in [1.165, 1.54) is 70.6 Å². The number of nitrogens with zero attached hydrogens (tertiary/aromatic N) is 1. The van der Waals surface area contributed by atoms with Gasteiger partial charge in [0.15, 0.2) is 0 Å². The Balaban J connectivity index is 4.06. The number of hydrogen-bond donors (Lipinski definition) is 2. The van der Waals surface area contributed by atoms with Gasteiger partial charge in [-0.3, -0.25) is 9.59 Å². The molecular formula is C28H51NO6. The van der Waals surface area contributed by atoms with Gasteiger partial charge in [0.2, 0.25) is 0 Å². The number of unbranched alkanes of at least 4 members (excludes halogenated alkanes) is 13. The standard InChI is InChI=1S/C28H51NO6/c1-2-3-4-5-6-7-8-9-10-11-12-13-14-15-16-17-18-22-29(23-19-26(30)31,24-20-27(32)33)25-21-28(34)35/h8-9H,2-7,10-25H2,1H3,(H2-,30,31,32,33,34,35)/b9-8+. The fourth-order valence-electron chi connectivity index (χ4n) is 4.54. The van der Waals surface area contributed by atoms with Crippen LogP contribution in [-0.4, -0.2) is 58.8 Å². The van der Waals surface area contributed by atoms with Crippen LogP contribution in [-0.2, 0) is 14.4 Å². The summed E-state index contributed by atoms with van der Waals surface area (Å²) in [6.07, 6.45) is 22.4. The van der Waals surface area contributed by atoms with Crippen molar-refractivity contribution in [3.8, 4) is 0 Å². The van der Waals surface area contributed by atoms with E-state index in [0.29, 0.717) is 6.54 Å². The zero-order valence-corrected chi connectivity index (χ0v) is 22.2. The van der Waals surface area contributed by atoms with Crippen molar-refractivity contribution in [3.05, 3.63) is 12.2 Å². The van der Waals surface area contributed by atoms with Crippen LogP contribution in [0.4, 0.5) is 0 Å². The van der Waals surface area contributed by atoms with Crippen molar-refractivity contribution >= 4 is 17.9 Å². The van der Waals surface area contributed by atoms with Crippen LogP contribution in [0.3, 0.4) is 0 Å². The molecule has 0 fully saturated rings. The van der Waals surface area contributed by atoms with E-state index in [1.54, 1.807) is 0 Å². The van der Waals surface area contributed by atoms with Gasteiger partial charge in [0, 0.05) is 12.4 Å². The zero-order chi connectivity index (χ0) is 26.2. The molecule has 0 saturated heterocycles. The number of carbonyl (C=O) groups is 3. The number of carbonyl (C=O) groups excluding carboxylic acids is 1. The van der Waals surface area contributed by atoms with Crippen LogP contribution >= 0.6 is 0 Å². The molecule has 2 N–H and O–H groups in total. The fraction of sp³-hybridized carbons (Fsp3) is 0.821.